The molecule has 0 amide bonds. The Kier molecular flexibility index (Phi) is 3.32. The van der Waals surface area contributed by atoms with E-state index in [1.54, 1.807) is 0 Å². The molecule has 0 saturated carbocycles. The lowest BCUT2D eigenvalue weighted by Gasteiger charge is -2.07. The lowest BCUT2D eigenvalue weighted by Crippen LogP contribution is -2.00. The first-order chi connectivity index (χ1) is 6.20. The molecule has 0 spiro atoms. The molecule has 0 heterocycles. The quantitative estimate of drug-likeness (QED) is 0.637. The fourth-order valence-electron chi connectivity index (χ4n) is 0.810. The first kappa shape index (κ1) is 9.59. The molecule has 1 aromatic rings. The zero-order chi connectivity index (χ0) is 9.68. The van der Waals surface area contributed by atoms with Gasteiger partial charge in [0.1, 0.15) is 12.4 Å². The van der Waals surface area contributed by atoms with Crippen molar-refractivity contribution in [2.45, 2.75) is 6.92 Å². The summed E-state index contributed by atoms with van der Waals surface area (Å²) >= 11 is 0. The van der Waals surface area contributed by atoms with E-state index in [-0.39, 0.29) is 0 Å². The summed E-state index contributed by atoms with van der Waals surface area (Å²) in [5.41, 5.74) is 1.90. The molecule has 13 heavy (non-hydrogen) atoms. The number of hydrogen-bond donors (Lipinski definition) is 0. The molecule has 0 aromatic heterocycles. The van der Waals surface area contributed by atoms with Crippen molar-refractivity contribution in [2.75, 3.05) is 6.61 Å². The van der Waals surface area contributed by atoms with E-state index < -0.39 is 0 Å². The highest BCUT2D eigenvalue weighted by Crippen LogP contribution is 2.11. The molecular formula is C12H14O. The molecule has 0 aliphatic carbocycles. The van der Waals surface area contributed by atoms with E-state index in [0.29, 0.717) is 6.61 Å². The van der Waals surface area contributed by atoms with Crippen LogP contribution >= 0.6 is 0 Å². The summed E-state index contributed by atoms with van der Waals surface area (Å²) in [4.78, 5) is 0. The number of rotatable bonds is 4. The van der Waals surface area contributed by atoms with Crippen molar-refractivity contribution in [2.24, 2.45) is 0 Å². The van der Waals surface area contributed by atoms with Crippen LogP contribution in [-0.4, -0.2) is 6.61 Å². The Morgan fingerprint density at radius 2 is 1.85 bits per heavy atom. The Bertz CT molecular complexity index is 298. The molecule has 0 aliphatic heterocycles. The van der Waals surface area contributed by atoms with Crippen LogP contribution in [0, 0.1) is 0 Å². The summed E-state index contributed by atoms with van der Waals surface area (Å²) in [7, 11) is 0. The highest BCUT2D eigenvalue weighted by atomic mass is 16.5. The van der Waals surface area contributed by atoms with Gasteiger partial charge in [0, 0.05) is 0 Å². The second-order valence-corrected chi connectivity index (χ2v) is 2.99. The first-order valence-corrected chi connectivity index (χ1v) is 4.21. The second-order valence-electron chi connectivity index (χ2n) is 2.99. The van der Waals surface area contributed by atoms with Gasteiger partial charge in [0.2, 0.25) is 0 Å². The number of ether oxygens (including phenoxy) is 1. The number of benzene rings is 1. The van der Waals surface area contributed by atoms with Crippen molar-refractivity contribution in [1.29, 1.82) is 0 Å². The van der Waals surface area contributed by atoms with Gasteiger partial charge in [-0.2, -0.15) is 0 Å². The van der Waals surface area contributed by atoms with Crippen LogP contribution in [0.1, 0.15) is 6.92 Å². The molecule has 0 unspecified atom stereocenters. The minimum Gasteiger partial charge on any atom is -0.489 e. The molecule has 68 valence electrons. The van der Waals surface area contributed by atoms with Gasteiger partial charge in [0.05, 0.1) is 0 Å². The molecule has 0 bridgehead atoms. The Hall–Kier alpha value is -1.50. The van der Waals surface area contributed by atoms with Gasteiger partial charge in [-0.25, -0.2) is 0 Å². The maximum atomic E-state index is 5.47. The predicted octanol–water partition coefficient (Wildman–Crippen LogP) is 3.20. The molecule has 1 nitrogen and oxygen atoms in total. The number of hydrogen-bond acceptors (Lipinski definition) is 1. The predicted molar refractivity (Wildman–Crippen MR) is 55.9 cm³/mol. The van der Waals surface area contributed by atoms with Crippen molar-refractivity contribution in [1.82, 2.24) is 0 Å². The molecule has 0 aliphatic rings. The monoisotopic (exact) mass is 174 g/mol. The van der Waals surface area contributed by atoms with Crippen LogP contribution in [0.5, 0.6) is 5.75 Å². The molecule has 0 fully saturated rings. The van der Waals surface area contributed by atoms with Gasteiger partial charge in [-0.3, -0.25) is 0 Å². The van der Waals surface area contributed by atoms with Crippen LogP contribution in [0.2, 0.25) is 0 Å². The van der Waals surface area contributed by atoms with Crippen LogP contribution in [0.25, 0.3) is 0 Å². The average molecular weight is 174 g/mol. The Labute approximate surface area is 79.4 Å². The third-order valence-electron chi connectivity index (χ3n) is 1.76. The highest BCUT2D eigenvalue weighted by molar-refractivity contribution is 5.26. The molecular weight excluding hydrogens is 160 g/mol. The van der Waals surface area contributed by atoms with Crippen LogP contribution in [-0.2, 0) is 0 Å². The van der Waals surface area contributed by atoms with E-state index in [1.807, 2.05) is 37.3 Å². The molecule has 0 saturated heterocycles. The summed E-state index contributed by atoms with van der Waals surface area (Å²) in [6.45, 7) is 10.1. The smallest absolute Gasteiger partial charge is 0.119 e. The van der Waals surface area contributed by atoms with Gasteiger partial charge in [0.25, 0.3) is 0 Å². The van der Waals surface area contributed by atoms with Gasteiger partial charge in [-0.1, -0.05) is 36.9 Å². The zero-order valence-corrected chi connectivity index (χ0v) is 7.92. The Balaban J connectivity index is 2.44. The third kappa shape index (κ3) is 3.16. The van der Waals surface area contributed by atoms with E-state index in [9.17, 15) is 0 Å². The minimum atomic E-state index is 0.513. The molecule has 1 aromatic carbocycles. The topological polar surface area (TPSA) is 9.23 Å². The van der Waals surface area contributed by atoms with Crippen molar-refractivity contribution in [3.05, 3.63) is 54.6 Å². The fourth-order valence-corrected chi connectivity index (χ4v) is 0.810. The van der Waals surface area contributed by atoms with Crippen molar-refractivity contribution in [3.63, 3.8) is 0 Å². The second kappa shape index (κ2) is 4.51. The zero-order valence-electron chi connectivity index (χ0n) is 7.92. The van der Waals surface area contributed by atoms with Gasteiger partial charge >= 0.3 is 0 Å². The van der Waals surface area contributed by atoms with Crippen molar-refractivity contribution >= 4 is 0 Å². The summed E-state index contributed by atoms with van der Waals surface area (Å²) in [6, 6.07) is 9.69. The average Bonchev–Trinajstić information content (AvgIpc) is 2.15. The van der Waals surface area contributed by atoms with Crippen LogP contribution in [0.3, 0.4) is 0 Å². The Morgan fingerprint density at radius 3 is 2.38 bits per heavy atom. The van der Waals surface area contributed by atoms with Crippen LogP contribution in [0.4, 0.5) is 0 Å². The highest BCUT2D eigenvalue weighted by Gasteiger charge is 1.95. The summed E-state index contributed by atoms with van der Waals surface area (Å²) < 4.78 is 5.47. The Morgan fingerprint density at radius 1 is 1.23 bits per heavy atom. The largest absolute Gasteiger partial charge is 0.489 e. The molecule has 0 radical (unpaired) electrons. The van der Waals surface area contributed by atoms with Crippen LogP contribution < -0.4 is 4.74 Å². The molecule has 0 N–H and O–H groups in total. The standard InChI is InChI=1S/C12H14O/c1-10(2)11(3)9-13-12-7-5-4-6-8-12/h4-8H,1,3,9H2,2H3. The van der Waals surface area contributed by atoms with Gasteiger partial charge < -0.3 is 4.74 Å². The van der Waals surface area contributed by atoms with Gasteiger partial charge in [-0.15, -0.1) is 0 Å². The summed E-state index contributed by atoms with van der Waals surface area (Å²) in [5.74, 6) is 0.866. The van der Waals surface area contributed by atoms with Gasteiger partial charge in [0.15, 0.2) is 0 Å². The SMILES string of the molecule is C=C(C)C(=C)COc1ccccc1. The lowest BCUT2D eigenvalue weighted by molar-refractivity contribution is 0.354. The normalized spacial score (nSPS) is 9.31. The molecule has 1 heteroatoms. The minimum absolute atomic E-state index is 0.513. The molecule has 0 atom stereocenters. The first-order valence-electron chi connectivity index (χ1n) is 4.21. The van der Waals surface area contributed by atoms with E-state index >= 15 is 0 Å². The van der Waals surface area contributed by atoms with Gasteiger partial charge in [-0.05, 0) is 24.6 Å². The summed E-state index contributed by atoms with van der Waals surface area (Å²) in [5, 5.41) is 0. The third-order valence-corrected chi connectivity index (χ3v) is 1.76. The van der Waals surface area contributed by atoms with Crippen molar-refractivity contribution < 1.29 is 4.74 Å². The van der Waals surface area contributed by atoms with E-state index in [2.05, 4.69) is 13.2 Å². The van der Waals surface area contributed by atoms with Crippen molar-refractivity contribution in [3.8, 4) is 5.75 Å². The summed E-state index contributed by atoms with van der Waals surface area (Å²) in [6.07, 6.45) is 0. The van der Waals surface area contributed by atoms with E-state index in [1.165, 1.54) is 0 Å². The lowest BCUT2D eigenvalue weighted by atomic mass is 10.2. The fraction of sp³-hybridized carbons (Fsp3) is 0.167. The maximum absolute atomic E-state index is 5.47. The maximum Gasteiger partial charge on any atom is 0.119 e. The van der Waals surface area contributed by atoms with Crippen LogP contribution in [0.15, 0.2) is 54.6 Å². The van der Waals surface area contributed by atoms with E-state index in [0.717, 1.165) is 16.9 Å². The van der Waals surface area contributed by atoms with E-state index in [4.69, 9.17) is 4.74 Å². The number of para-hydroxylation sites is 1. The molecule has 1 rings (SSSR count).